The Balaban J connectivity index is 1.45. The second kappa shape index (κ2) is 8.23. The van der Waals surface area contributed by atoms with Crippen molar-refractivity contribution in [1.82, 2.24) is 9.97 Å². The number of hydrogen-bond acceptors (Lipinski definition) is 2. The van der Waals surface area contributed by atoms with Crippen LogP contribution < -0.4 is 0 Å². The zero-order chi connectivity index (χ0) is 21.2. The Bertz CT molecular complexity index is 1280. The molecular weight excluding hydrogens is 384 g/mol. The third-order valence-electron chi connectivity index (χ3n) is 5.96. The second-order valence-electron chi connectivity index (χ2n) is 8.12. The third-order valence-corrected chi connectivity index (χ3v) is 5.96. The van der Waals surface area contributed by atoms with Gasteiger partial charge in [-0.05, 0) is 66.1 Å². The van der Waals surface area contributed by atoms with E-state index in [-0.39, 0.29) is 0 Å². The van der Waals surface area contributed by atoms with Crippen LogP contribution in [-0.4, -0.2) is 21.0 Å². The van der Waals surface area contributed by atoms with Gasteiger partial charge >= 0.3 is 5.97 Å². The summed E-state index contributed by atoms with van der Waals surface area (Å²) in [6, 6.07) is 22.0. The molecule has 4 aromatic rings. The van der Waals surface area contributed by atoms with E-state index in [2.05, 4.69) is 41.4 Å². The SMILES string of the molecule is O=C(O)c1cccc(Cc2nc3c(-c4ccc(C5=CCCCC5)cc4)cccc3[nH]2)c1. The number of H-pyrrole nitrogens is 1. The normalized spacial score (nSPS) is 13.9. The molecule has 4 heteroatoms. The quantitative estimate of drug-likeness (QED) is 0.397. The van der Waals surface area contributed by atoms with Gasteiger partial charge in [-0.2, -0.15) is 0 Å². The fourth-order valence-electron chi connectivity index (χ4n) is 4.37. The standard InChI is InChI=1S/C27H24N2O2/c30-27(31)22-9-4-6-18(16-22)17-25-28-24-11-5-10-23(26(24)29-25)21-14-12-20(13-15-21)19-7-2-1-3-8-19/h4-7,9-16H,1-3,8,17H2,(H,28,29)(H,30,31). The van der Waals surface area contributed by atoms with Crippen LogP contribution >= 0.6 is 0 Å². The molecule has 5 rings (SSSR count). The number of rotatable bonds is 5. The van der Waals surface area contributed by atoms with Crippen LogP contribution in [0.25, 0.3) is 27.7 Å². The van der Waals surface area contributed by atoms with Gasteiger partial charge in [-0.25, -0.2) is 9.78 Å². The van der Waals surface area contributed by atoms with Crippen molar-refractivity contribution >= 4 is 22.6 Å². The average Bonchev–Trinajstić information content (AvgIpc) is 3.22. The lowest BCUT2D eigenvalue weighted by molar-refractivity contribution is 0.0696. The number of aromatic nitrogens is 2. The van der Waals surface area contributed by atoms with Crippen molar-refractivity contribution < 1.29 is 9.90 Å². The predicted octanol–water partition coefficient (Wildman–Crippen LogP) is 6.48. The van der Waals surface area contributed by atoms with Crippen LogP contribution in [0.1, 0.15) is 53.0 Å². The van der Waals surface area contributed by atoms with Crippen LogP contribution in [0.5, 0.6) is 0 Å². The van der Waals surface area contributed by atoms with Gasteiger partial charge in [0.2, 0.25) is 0 Å². The van der Waals surface area contributed by atoms with Gasteiger partial charge in [0.15, 0.2) is 0 Å². The largest absolute Gasteiger partial charge is 0.478 e. The number of nitrogens with one attached hydrogen (secondary N) is 1. The number of para-hydroxylation sites is 1. The molecule has 0 radical (unpaired) electrons. The van der Waals surface area contributed by atoms with Crippen molar-refractivity contribution in [3.63, 3.8) is 0 Å². The molecule has 1 aromatic heterocycles. The zero-order valence-corrected chi connectivity index (χ0v) is 17.3. The highest BCUT2D eigenvalue weighted by atomic mass is 16.4. The van der Waals surface area contributed by atoms with Crippen LogP contribution in [0.3, 0.4) is 0 Å². The predicted molar refractivity (Wildman–Crippen MR) is 124 cm³/mol. The number of carbonyl (C=O) groups is 1. The number of imidazole rings is 1. The number of carboxylic acids is 1. The fraction of sp³-hybridized carbons (Fsp3) is 0.185. The molecule has 0 amide bonds. The first-order valence-corrected chi connectivity index (χ1v) is 10.8. The van der Waals surface area contributed by atoms with Crippen molar-refractivity contribution in [3.8, 4) is 11.1 Å². The summed E-state index contributed by atoms with van der Waals surface area (Å²) in [5.74, 6) is -0.0878. The van der Waals surface area contributed by atoms with Crippen molar-refractivity contribution in [2.45, 2.75) is 32.1 Å². The minimum absolute atomic E-state index is 0.294. The van der Waals surface area contributed by atoms with Crippen LogP contribution in [0.2, 0.25) is 0 Å². The summed E-state index contributed by atoms with van der Waals surface area (Å²) in [6.45, 7) is 0. The number of carboxylic acid groups (broad SMARTS) is 1. The minimum Gasteiger partial charge on any atom is -0.478 e. The molecule has 154 valence electrons. The Hall–Kier alpha value is -3.66. The number of allylic oxidation sites excluding steroid dienone is 2. The molecule has 0 fully saturated rings. The van der Waals surface area contributed by atoms with Crippen molar-refractivity contribution in [2.24, 2.45) is 0 Å². The molecule has 0 saturated carbocycles. The van der Waals surface area contributed by atoms with Crippen LogP contribution in [0.15, 0.2) is 72.8 Å². The first kappa shape index (κ1) is 19.3. The molecule has 0 unspecified atom stereocenters. The van der Waals surface area contributed by atoms with E-state index in [1.807, 2.05) is 18.2 Å². The molecule has 0 atom stereocenters. The molecule has 4 nitrogen and oxygen atoms in total. The highest BCUT2D eigenvalue weighted by Crippen LogP contribution is 2.31. The van der Waals surface area contributed by atoms with Gasteiger partial charge in [0.1, 0.15) is 5.82 Å². The third kappa shape index (κ3) is 4.02. The van der Waals surface area contributed by atoms with E-state index in [9.17, 15) is 9.90 Å². The van der Waals surface area contributed by atoms with Crippen molar-refractivity contribution in [1.29, 1.82) is 0 Å². The van der Waals surface area contributed by atoms with Crippen LogP contribution in [0, 0.1) is 0 Å². The maximum atomic E-state index is 11.2. The lowest BCUT2D eigenvalue weighted by Crippen LogP contribution is -1.98. The number of aromatic amines is 1. The van der Waals surface area contributed by atoms with E-state index in [0.717, 1.165) is 33.5 Å². The van der Waals surface area contributed by atoms with E-state index < -0.39 is 5.97 Å². The average molecular weight is 409 g/mol. The smallest absolute Gasteiger partial charge is 0.335 e. The Labute approximate surface area is 181 Å². The van der Waals surface area contributed by atoms with Gasteiger partial charge in [0, 0.05) is 12.0 Å². The lowest BCUT2D eigenvalue weighted by atomic mass is 9.92. The van der Waals surface area contributed by atoms with Gasteiger partial charge < -0.3 is 10.1 Å². The van der Waals surface area contributed by atoms with Crippen LogP contribution in [-0.2, 0) is 6.42 Å². The first-order chi connectivity index (χ1) is 15.2. The molecule has 31 heavy (non-hydrogen) atoms. The summed E-state index contributed by atoms with van der Waals surface area (Å²) in [7, 11) is 0. The highest BCUT2D eigenvalue weighted by Gasteiger charge is 2.12. The molecule has 2 N–H and O–H groups in total. The Kier molecular flexibility index (Phi) is 5.13. The number of fused-ring (bicyclic) bond motifs is 1. The maximum Gasteiger partial charge on any atom is 0.335 e. The molecule has 1 aliphatic carbocycles. The van der Waals surface area contributed by atoms with Gasteiger partial charge in [-0.3, -0.25) is 0 Å². The number of aromatic carboxylic acids is 1. The van der Waals surface area contributed by atoms with Gasteiger partial charge in [0.25, 0.3) is 0 Å². The maximum absolute atomic E-state index is 11.2. The van der Waals surface area contributed by atoms with E-state index >= 15 is 0 Å². The summed E-state index contributed by atoms with van der Waals surface area (Å²) in [5, 5.41) is 9.23. The van der Waals surface area contributed by atoms with Gasteiger partial charge in [-0.15, -0.1) is 0 Å². The van der Waals surface area contributed by atoms with E-state index in [4.69, 9.17) is 4.98 Å². The number of hydrogen-bond donors (Lipinski definition) is 2. The van der Waals surface area contributed by atoms with Crippen molar-refractivity contribution in [2.75, 3.05) is 0 Å². The molecule has 0 saturated heterocycles. The second-order valence-corrected chi connectivity index (χ2v) is 8.12. The summed E-state index contributed by atoms with van der Waals surface area (Å²) in [6.07, 6.45) is 7.85. The summed E-state index contributed by atoms with van der Waals surface area (Å²) < 4.78 is 0. The molecule has 1 aliphatic rings. The highest BCUT2D eigenvalue weighted by molar-refractivity contribution is 5.92. The summed E-state index contributed by atoms with van der Waals surface area (Å²) in [4.78, 5) is 19.5. The summed E-state index contributed by atoms with van der Waals surface area (Å²) in [5.41, 5.74) is 8.17. The molecule has 3 aromatic carbocycles. The van der Waals surface area contributed by atoms with E-state index in [1.54, 1.807) is 18.2 Å². The number of benzene rings is 3. The Morgan fingerprint density at radius 3 is 2.55 bits per heavy atom. The van der Waals surface area contributed by atoms with Crippen molar-refractivity contribution in [3.05, 3.63) is 95.3 Å². The summed E-state index contributed by atoms with van der Waals surface area (Å²) >= 11 is 0. The topological polar surface area (TPSA) is 66.0 Å². The zero-order valence-electron chi connectivity index (χ0n) is 17.3. The minimum atomic E-state index is -0.916. The van der Waals surface area contributed by atoms with Crippen LogP contribution in [0.4, 0.5) is 0 Å². The first-order valence-electron chi connectivity index (χ1n) is 10.8. The molecule has 0 bridgehead atoms. The number of nitrogens with zero attached hydrogens (tertiary/aromatic N) is 1. The van der Waals surface area contributed by atoms with E-state index in [1.165, 1.54) is 36.8 Å². The lowest BCUT2D eigenvalue weighted by Gasteiger charge is -2.13. The Morgan fingerprint density at radius 1 is 0.968 bits per heavy atom. The van der Waals surface area contributed by atoms with E-state index in [0.29, 0.717) is 12.0 Å². The fourth-order valence-corrected chi connectivity index (χ4v) is 4.37. The molecule has 1 heterocycles. The molecule has 0 aliphatic heterocycles. The Morgan fingerprint density at radius 2 is 1.77 bits per heavy atom. The van der Waals surface area contributed by atoms with Gasteiger partial charge in [0.05, 0.1) is 16.6 Å². The monoisotopic (exact) mass is 408 g/mol. The van der Waals surface area contributed by atoms with Gasteiger partial charge in [-0.1, -0.05) is 54.6 Å². The molecule has 0 spiro atoms. The molecular formula is C27H24N2O2.